The van der Waals surface area contributed by atoms with Crippen molar-refractivity contribution in [2.45, 2.75) is 31.8 Å². The maximum atomic E-state index is 11.8. The average Bonchev–Trinajstić information content (AvgIpc) is 3.27. The molecule has 4 rings (SSSR count). The first-order valence-corrected chi connectivity index (χ1v) is 8.11. The summed E-state index contributed by atoms with van der Waals surface area (Å²) in [4.78, 5) is 16.0. The number of rotatable bonds is 4. The van der Waals surface area contributed by atoms with Crippen LogP contribution in [0.3, 0.4) is 0 Å². The van der Waals surface area contributed by atoms with E-state index in [0.29, 0.717) is 12.5 Å². The van der Waals surface area contributed by atoms with E-state index in [1.807, 2.05) is 35.2 Å². The summed E-state index contributed by atoms with van der Waals surface area (Å²) in [7, 11) is 1.88. The van der Waals surface area contributed by atoms with E-state index < -0.39 is 0 Å². The summed E-state index contributed by atoms with van der Waals surface area (Å²) in [5.41, 5.74) is 1.93. The van der Waals surface area contributed by atoms with Crippen molar-refractivity contribution in [1.29, 1.82) is 0 Å². The molecule has 1 unspecified atom stereocenters. The van der Waals surface area contributed by atoms with Gasteiger partial charge in [-0.25, -0.2) is 0 Å². The van der Waals surface area contributed by atoms with Gasteiger partial charge in [0.1, 0.15) is 0 Å². The summed E-state index contributed by atoms with van der Waals surface area (Å²) < 4.78 is 3.74. The third kappa shape index (κ3) is 2.86. The van der Waals surface area contributed by atoms with Crippen LogP contribution in [0.15, 0.2) is 18.6 Å². The Morgan fingerprint density at radius 3 is 2.96 bits per heavy atom. The fourth-order valence-electron chi connectivity index (χ4n) is 3.46. The lowest BCUT2D eigenvalue weighted by atomic mass is 10.3. The molecule has 2 saturated heterocycles. The Kier molecular flexibility index (Phi) is 3.60. The van der Waals surface area contributed by atoms with E-state index in [2.05, 4.69) is 20.3 Å². The topological polar surface area (TPSA) is 72.1 Å². The van der Waals surface area contributed by atoms with E-state index in [0.717, 1.165) is 50.4 Å². The average molecular weight is 315 g/mol. The molecule has 4 heterocycles. The Bertz CT molecular complexity index is 706. The first kappa shape index (κ1) is 14.4. The highest BCUT2D eigenvalue weighted by Crippen LogP contribution is 2.26. The second-order valence-electron chi connectivity index (χ2n) is 6.39. The minimum Gasteiger partial charge on any atom is -0.309 e. The van der Waals surface area contributed by atoms with Gasteiger partial charge in [-0.2, -0.15) is 5.10 Å². The van der Waals surface area contributed by atoms with Gasteiger partial charge in [0.25, 0.3) is 0 Å². The number of carbonyl (C=O) groups excluding carboxylic acids is 1. The molecule has 2 aromatic heterocycles. The Balaban J connectivity index is 1.40. The highest BCUT2D eigenvalue weighted by molar-refractivity contribution is 5.95. The van der Waals surface area contributed by atoms with Crippen molar-refractivity contribution in [3.63, 3.8) is 0 Å². The van der Waals surface area contributed by atoms with Crippen LogP contribution >= 0.6 is 0 Å². The second-order valence-corrected chi connectivity index (χ2v) is 6.39. The number of carbonyl (C=O) groups is 1. The van der Waals surface area contributed by atoms with Crippen molar-refractivity contribution in [3.8, 4) is 0 Å². The third-order valence-electron chi connectivity index (χ3n) is 4.63. The molecule has 8 nitrogen and oxygen atoms in total. The van der Waals surface area contributed by atoms with Gasteiger partial charge in [-0.15, -0.1) is 5.10 Å². The van der Waals surface area contributed by atoms with Crippen molar-refractivity contribution in [2.24, 2.45) is 7.05 Å². The predicted molar refractivity (Wildman–Crippen MR) is 83.7 cm³/mol. The Labute approximate surface area is 134 Å². The highest BCUT2D eigenvalue weighted by Gasteiger charge is 2.27. The Morgan fingerprint density at radius 2 is 2.22 bits per heavy atom. The summed E-state index contributed by atoms with van der Waals surface area (Å²) in [6.07, 6.45) is 8.45. The molecule has 0 radical (unpaired) electrons. The van der Waals surface area contributed by atoms with Crippen LogP contribution in [-0.2, 0) is 18.4 Å². The van der Waals surface area contributed by atoms with Gasteiger partial charge in [-0.3, -0.25) is 19.1 Å². The molecule has 23 heavy (non-hydrogen) atoms. The van der Waals surface area contributed by atoms with E-state index in [-0.39, 0.29) is 5.91 Å². The minimum atomic E-state index is 0.209. The summed E-state index contributed by atoms with van der Waals surface area (Å²) in [5, 5.41) is 12.6. The van der Waals surface area contributed by atoms with E-state index in [9.17, 15) is 4.79 Å². The lowest BCUT2D eigenvalue weighted by Crippen LogP contribution is -2.23. The van der Waals surface area contributed by atoms with Gasteiger partial charge in [0.15, 0.2) is 0 Å². The highest BCUT2D eigenvalue weighted by atomic mass is 16.2. The number of aromatic nitrogens is 5. The van der Waals surface area contributed by atoms with Gasteiger partial charge < -0.3 is 4.90 Å². The van der Waals surface area contributed by atoms with Gasteiger partial charge in [-0.1, -0.05) is 5.21 Å². The predicted octanol–water partition coefficient (Wildman–Crippen LogP) is 0.585. The lowest BCUT2D eigenvalue weighted by molar-refractivity contribution is -0.117. The number of likely N-dealkylation sites (tertiary alicyclic amines) is 1. The zero-order valence-electron chi connectivity index (χ0n) is 13.3. The van der Waals surface area contributed by atoms with Gasteiger partial charge in [0.05, 0.1) is 23.6 Å². The van der Waals surface area contributed by atoms with Crippen LogP contribution in [0, 0.1) is 0 Å². The normalized spacial score (nSPS) is 22.4. The first-order valence-electron chi connectivity index (χ1n) is 8.11. The van der Waals surface area contributed by atoms with Crippen molar-refractivity contribution in [1.82, 2.24) is 29.7 Å². The molecule has 1 amide bonds. The quantitative estimate of drug-likeness (QED) is 0.825. The van der Waals surface area contributed by atoms with E-state index >= 15 is 0 Å². The van der Waals surface area contributed by atoms with E-state index in [4.69, 9.17) is 0 Å². The molecule has 8 heteroatoms. The molecule has 0 N–H and O–H groups in total. The zero-order chi connectivity index (χ0) is 15.8. The number of hydrogen-bond acceptors (Lipinski definition) is 5. The monoisotopic (exact) mass is 315 g/mol. The molecule has 0 spiro atoms. The Hall–Kier alpha value is -2.22. The summed E-state index contributed by atoms with van der Waals surface area (Å²) in [6.45, 7) is 3.61. The number of hydrogen-bond donors (Lipinski definition) is 0. The molecule has 2 fully saturated rings. The molecule has 0 aromatic carbocycles. The molecule has 1 atom stereocenters. The molecule has 2 aliphatic rings. The molecular formula is C15H21N7O. The third-order valence-corrected chi connectivity index (χ3v) is 4.63. The maximum absolute atomic E-state index is 11.8. The standard InChI is InChI=1S/C15H21N7O/c1-19-8-12(17-18-19)9-20-6-4-13(10-20)22-11-14(7-16-22)21-5-2-3-15(21)23/h7-8,11,13H,2-6,9-10H2,1H3. The fourth-order valence-corrected chi connectivity index (χ4v) is 3.46. The van der Waals surface area contributed by atoms with E-state index in [1.165, 1.54) is 0 Å². The van der Waals surface area contributed by atoms with E-state index in [1.54, 1.807) is 4.68 Å². The van der Waals surface area contributed by atoms with Gasteiger partial charge in [-0.05, 0) is 12.8 Å². The summed E-state index contributed by atoms with van der Waals surface area (Å²) >= 11 is 0. The SMILES string of the molecule is Cn1cc(CN2CCC(n3cc(N4CCCC4=O)cn3)C2)nn1. The molecular weight excluding hydrogens is 294 g/mol. The summed E-state index contributed by atoms with van der Waals surface area (Å²) in [6, 6.07) is 0.359. The first-order chi connectivity index (χ1) is 11.2. The smallest absolute Gasteiger partial charge is 0.227 e. The lowest BCUT2D eigenvalue weighted by Gasteiger charge is -2.15. The minimum absolute atomic E-state index is 0.209. The van der Waals surface area contributed by atoms with Crippen LogP contribution < -0.4 is 4.90 Å². The maximum Gasteiger partial charge on any atom is 0.227 e. The van der Waals surface area contributed by atoms with Crippen molar-refractivity contribution < 1.29 is 4.79 Å². The zero-order valence-corrected chi connectivity index (χ0v) is 13.3. The van der Waals surface area contributed by atoms with Crippen LogP contribution in [0.4, 0.5) is 5.69 Å². The van der Waals surface area contributed by atoms with Crippen molar-refractivity contribution in [3.05, 3.63) is 24.3 Å². The van der Waals surface area contributed by atoms with Crippen LogP contribution in [0.25, 0.3) is 0 Å². The van der Waals surface area contributed by atoms with Crippen molar-refractivity contribution in [2.75, 3.05) is 24.5 Å². The number of amides is 1. The molecule has 0 aliphatic carbocycles. The molecule has 0 bridgehead atoms. The molecule has 2 aromatic rings. The number of anilines is 1. The van der Waals surface area contributed by atoms with Gasteiger partial charge in [0.2, 0.25) is 5.91 Å². The van der Waals surface area contributed by atoms with Gasteiger partial charge in [0, 0.05) is 52.0 Å². The Morgan fingerprint density at radius 1 is 1.30 bits per heavy atom. The summed E-state index contributed by atoms with van der Waals surface area (Å²) in [5.74, 6) is 0.209. The number of nitrogens with zero attached hydrogens (tertiary/aromatic N) is 7. The molecule has 2 aliphatic heterocycles. The fraction of sp³-hybridized carbons (Fsp3) is 0.600. The largest absolute Gasteiger partial charge is 0.309 e. The van der Waals surface area contributed by atoms with Crippen LogP contribution in [0.1, 0.15) is 31.0 Å². The van der Waals surface area contributed by atoms with Crippen LogP contribution in [0.2, 0.25) is 0 Å². The number of aryl methyl sites for hydroxylation is 1. The van der Waals surface area contributed by atoms with Crippen molar-refractivity contribution >= 4 is 11.6 Å². The molecule has 122 valence electrons. The van der Waals surface area contributed by atoms with Crippen LogP contribution in [-0.4, -0.2) is 55.2 Å². The molecule has 0 saturated carbocycles. The second kappa shape index (κ2) is 5.77. The van der Waals surface area contributed by atoms with Gasteiger partial charge >= 0.3 is 0 Å². The van der Waals surface area contributed by atoms with Crippen LogP contribution in [0.5, 0.6) is 0 Å².